The highest BCUT2D eigenvalue weighted by atomic mass is 32.2. The molecule has 0 aromatic heterocycles. The maximum absolute atomic E-state index is 12.0. The zero-order chi connectivity index (χ0) is 18.2. The minimum absolute atomic E-state index is 0.280. The van der Waals surface area contributed by atoms with E-state index in [0.717, 1.165) is 30.8 Å². The number of nitrogens with one attached hydrogen (secondary N) is 3. The van der Waals surface area contributed by atoms with Crippen molar-refractivity contribution in [1.82, 2.24) is 15.4 Å². The van der Waals surface area contributed by atoms with Gasteiger partial charge in [-0.3, -0.25) is 4.79 Å². The van der Waals surface area contributed by atoms with Crippen LogP contribution < -0.4 is 20.1 Å². The predicted octanol–water partition coefficient (Wildman–Crippen LogP) is 0.589. The summed E-state index contributed by atoms with van der Waals surface area (Å²) in [6, 6.07) is 3.65. The van der Waals surface area contributed by atoms with Gasteiger partial charge in [0.25, 0.3) is 0 Å². The summed E-state index contributed by atoms with van der Waals surface area (Å²) in [7, 11) is -4.01. The summed E-state index contributed by atoms with van der Waals surface area (Å²) in [6.07, 6.45) is -4.86. The lowest BCUT2D eigenvalue weighted by atomic mass is 10.3. The topological polar surface area (TPSA) is 96.5 Å². The molecule has 0 radical (unpaired) electrons. The van der Waals surface area contributed by atoms with Crippen molar-refractivity contribution in [1.29, 1.82) is 0 Å². The van der Waals surface area contributed by atoms with Crippen LogP contribution in [0.25, 0.3) is 0 Å². The van der Waals surface area contributed by atoms with Crippen LogP contribution in [0.1, 0.15) is 6.92 Å². The maximum Gasteiger partial charge on any atom is 0.573 e. The van der Waals surface area contributed by atoms with E-state index in [1.807, 2.05) is 6.92 Å². The van der Waals surface area contributed by atoms with Crippen LogP contribution >= 0.6 is 0 Å². The number of carbonyl (C=O) groups is 1. The van der Waals surface area contributed by atoms with Gasteiger partial charge in [0.2, 0.25) is 15.9 Å². The molecule has 0 bridgehead atoms. The van der Waals surface area contributed by atoms with Gasteiger partial charge in [0.1, 0.15) is 5.75 Å². The van der Waals surface area contributed by atoms with Crippen molar-refractivity contribution in [3.8, 4) is 5.75 Å². The van der Waals surface area contributed by atoms with Crippen LogP contribution in [0.5, 0.6) is 5.75 Å². The third-order valence-electron chi connectivity index (χ3n) is 2.66. The van der Waals surface area contributed by atoms with Crippen molar-refractivity contribution in [3.63, 3.8) is 0 Å². The number of halogens is 3. The number of ether oxygens (including phenoxy) is 1. The summed E-state index contributed by atoms with van der Waals surface area (Å²) in [5.41, 5.74) is 0. The number of alkyl halides is 3. The fourth-order valence-electron chi connectivity index (χ4n) is 1.59. The van der Waals surface area contributed by atoms with Crippen LogP contribution in [-0.2, 0) is 14.8 Å². The number of likely N-dealkylation sites (N-methyl/N-ethyl adjacent to an activating group) is 1. The van der Waals surface area contributed by atoms with Gasteiger partial charge in [-0.1, -0.05) is 6.92 Å². The molecule has 1 aromatic carbocycles. The minimum atomic E-state index is -4.86. The summed E-state index contributed by atoms with van der Waals surface area (Å²) in [4.78, 5) is 11.2. The minimum Gasteiger partial charge on any atom is -0.406 e. The fourth-order valence-corrected chi connectivity index (χ4v) is 2.58. The van der Waals surface area contributed by atoms with Crippen LogP contribution in [0.2, 0.25) is 0 Å². The number of benzene rings is 1. The molecule has 0 spiro atoms. The second kappa shape index (κ2) is 8.85. The normalized spacial score (nSPS) is 12.0. The van der Waals surface area contributed by atoms with E-state index in [1.165, 1.54) is 0 Å². The number of rotatable bonds is 9. The number of hydrogen-bond donors (Lipinski definition) is 3. The number of amides is 1. The van der Waals surface area contributed by atoms with Gasteiger partial charge >= 0.3 is 6.36 Å². The molecule has 0 aliphatic heterocycles. The molecule has 1 rings (SSSR count). The second-order valence-electron chi connectivity index (χ2n) is 4.55. The van der Waals surface area contributed by atoms with Gasteiger partial charge in [0.15, 0.2) is 0 Å². The van der Waals surface area contributed by atoms with E-state index >= 15 is 0 Å². The zero-order valence-corrected chi connectivity index (χ0v) is 13.6. The maximum atomic E-state index is 12.0. The Bertz CT molecular complexity index is 633. The summed E-state index contributed by atoms with van der Waals surface area (Å²) < 4.78 is 65.7. The monoisotopic (exact) mass is 369 g/mol. The van der Waals surface area contributed by atoms with Crippen LogP contribution in [0.4, 0.5) is 13.2 Å². The van der Waals surface area contributed by atoms with Gasteiger partial charge < -0.3 is 15.4 Å². The Hall–Kier alpha value is -1.85. The smallest absolute Gasteiger partial charge is 0.406 e. The zero-order valence-electron chi connectivity index (χ0n) is 12.8. The molecular formula is C13H18F3N3O4S. The Balaban J connectivity index is 2.54. The Morgan fingerprint density at radius 3 is 2.33 bits per heavy atom. The molecule has 7 nitrogen and oxygen atoms in total. The molecule has 0 saturated carbocycles. The van der Waals surface area contributed by atoms with Gasteiger partial charge in [0, 0.05) is 13.1 Å². The van der Waals surface area contributed by atoms with E-state index in [4.69, 9.17) is 0 Å². The molecule has 0 atom stereocenters. The van der Waals surface area contributed by atoms with Crippen molar-refractivity contribution in [2.24, 2.45) is 0 Å². The molecule has 0 aliphatic rings. The lowest BCUT2D eigenvalue weighted by Crippen LogP contribution is -2.39. The molecule has 1 aromatic rings. The second-order valence-corrected chi connectivity index (χ2v) is 6.31. The van der Waals surface area contributed by atoms with E-state index < -0.39 is 34.6 Å². The first-order valence-corrected chi connectivity index (χ1v) is 8.45. The quantitative estimate of drug-likeness (QED) is 0.554. The molecule has 0 heterocycles. The standard InChI is InChI=1S/C13H18F3N3O4S/c1-2-17-7-8-18-12(20)9-19-24(21,22)11-5-3-10(4-6-11)23-13(14,15)16/h3-6,17,19H,2,7-9H2,1H3,(H,18,20). The molecule has 0 unspecified atom stereocenters. The van der Waals surface area contributed by atoms with Crippen LogP contribution in [0, 0.1) is 0 Å². The van der Waals surface area contributed by atoms with Crippen LogP contribution in [-0.4, -0.2) is 46.9 Å². The first-order chi connectivity index (χ1) is 11.1. The van der Waals surface area contributed by atoms with Gasteiger partial charge in [-0.15, -0.1) is 13.2 Å². The lowest BCUT2D eigenvalue weighted by molar-refractivity contribution is -0.274. The van der Waals surface area contributed by atoms with Crippen LogP contribution in [0.15, 0.2) is 29.2 Å². The Morgan fingerprint density at radius 2 is 1.79 bits per heavy atom. The highest BCUT2D eigenvalue weighted by Crippen LogP contribution is 2.23. The van der Waals surface area contributed by atoms with Crippen molar-refractivity contribution in [2.75, 3.05) is 26.2 Å². The molecule has 24 heavy (non-hydrogen) atoms. The number of carbonyl (C=O) groups excluding carboxylic acids is 1. The number of sulfonamides is 1. The summed E-state index contributed by atoms with van der Waals surface area (Å²) in [5.74, 6) is -1.06. The van der Waals surface area contributed by atoms with Crippen molar-refractivity contribution >= 4 is 15.9 Å². The van der Waals surface area contributed by atoms with Gasteiger partial charge in [-0.05, 0) is 30.8 Å². The van der Waals surface area contributed by atoms with E-state index in [-0.39, 0.29) is 4.90 Å². The van der Waals surface area contributed by atoms with Gasteiger partial charge in [-0.25, -0.2) is 13.1 Å². The number of hydrogen-bond acceptors (Lipinski definition) is 5. The van der Waals surface area contributed by atoms with E-state index in [9.17, 15) is 26.4 Å². The van der Waals surface area contributed by atoms with E-state index in [1.54, 1.807) is 0 Å². The Morgan fingerprint density at radius 1 is 1.17 bits per heavy atom. The highest BCUT2D eigenvalue weighted by Gasteiger charge is 2.31. The summed E-state index contributed by atoms with van der Waals surface area (Å²) in [5, 5.41) is 5.48. The summed E-state index contributed by atoms with van der Waals surface area (Å²) in [6.45, 7) is 3.07. The molecule has 0 aliphatic carbocycles. The largest absolute Gasteiger partial charge is 0.573 e. The molecule has 3 N–H and O–H groups in total. The van der Waals surface area contributed by atoms with Crippen LogP contribution in [0.3, 0.4) is 0 Å². The fraction of sp³-hybridized carbons (Fsp3) is 0.462. The molecule has 136 valence electrons. The third-order valence-corrected chi connectivity index (χ3v) is 4.08. The first-order valence-electron chi connectivity index (χ1n) is 6.97. The summed E-state index contributed by atoms with van der Waals surface area (Å²) >= 11 is 0. The van der Waals surface area contributed by atoms with Gasteiger partial charge in [-0.2, -0.15) is 0 Å². The lowest BCUT2D eigenvalue weighted by Gasteiger charge is -2.10. The average molecular weight is 369 g/mol. The Kier molecular flexibility index (Phi) is 7.45. The molecular weight excluding hydrogens is 351 g/mol. The molecule has 11 heteroatoms. The SMILES string of the molecule is CCNCCNC(=O)CNS(=O)(=O)c1ccc(OC(F)(F)F)cc1. The Labute approximate surface area is 137 Å². The molecule has 0 saturated heterocycles. The van der Waals surface area contributed by atoms with Crippen molar-refractivity contribution in [2.45, 2.75) is 18.2 Å². The molecule has 0 fully saturated rings. The van der Waals surface area contributed by atoms with E-state index in [0.29, 0.717) is 13.1 Å². The first kappa shape index (κ1) is 20.2. The highest BCUT2D eigenvalue weighted by molar-refractivity contribution is 7.89. The molecule has 1 amide bonds. The van der Waals surface area contributed by atoms with E-state index in [2.05, 4.69) is 20.1 Å². The predicted molar refractivity (Wildman–Crippen MR) is 79.9 cm³/mol. The average Bonchev–Trinajstić information content (AvgIpc) is 2.49. The van der Waals surface area contributed by atoms with Gasteiger partial charge in [0.05, 0.1) is 11.4 Å². The third kappa shape index (κ3) is 7.62. The van der Waals surface area contributed by atoms with Crippen molar-refractivity contribution < 1.29 is 31.1 Å². The van der Waals surface area contributed by atoms with Crippen molar-refractivity contribution in [3.05, 3.63) is 24.3 Å².